The van der Waals surface area contributed by atoms with Gasteiger partial charge in [-0.3, -0.25) is 14.4 Å². The molecule has 0 fully saturated rings. The molecule has 1 N–H and O–H groups in total. The van der Waals surface area contributed by atoms with Crippen molar-refractivity contribution < 1.29 is 14.0 Å². The smallest absolute Gasteiger partial charge is 0.292 e. The lowest BCUT2D eigenvalue weighted by molar-refractivity contribution is -0.117. The second-order valence-corrected chi connectivity index (χ2v) is 7.50. The van der Waals surface area contributed by atoms with Crippen molar-refractivity contribution >= 4 is 35.0 Å². The summed E-state index contributed by atoms with van der Waals surface area (Å²) in [5.41, 5.74) is 0.502. The number of nitrogens with one attached hydrogen (secondary N) is 1. The molecule has 1 aromatic heterocycles. The molecule has 0 radical (unpaired) electrons. The molecule has 9 heteroatoms. The molecule has 1 aliphatic heterocycles. The molecule has 2 heterocycles. The van der Waals surface area contributed by atoms with Crippen LogP contribution in [0.5, 0.6) is 0 Å². The minimum Gasteiger partial charge on any atom is -0.324 e. The molecular formula is C18H19FN4O3S. The molecule has 0 atom stereocenters. The Morgan fingerprint density at radius 1 is 1.37 bits per heavy atom. The van der Waals surface area contributed by atoms with Gasteiger partial charge in [0.25, 0.3) is 5.56 Å². The fraction of sp³-hybridized carbons (Fsp3) is 0.333. The van der Waals surface area contributed by atoms with E-state index in [1.807, 2.05) is 13.8 Å². The maximum Gasteiger partial charge on any atom is 0.292 e. The van der Waals surface area contributed by atoms with E-state index in [0.717, 1.165) is 4.68 Å². The maximum absolute atomic E-state index is 13.6. The fourth-order valence-electron chi connectivity index (χ4n) is 2.79. The number of hydrogen-bond donors (Lipinski definition) is 1. The number of aryl methyl sites for hydroxylation is 1. The van der Waals surface area contributed by atoms with E-state index in [1.165, 1.54) is 28.9 Å². The highest BCUT2D eigenvalue weighted by Crippen LogP contribution is 2.32. The molecule has 2 aromatic rings. The molecule has 2 amide bonds. The fourth-order valence-corrected chi connectivity index (χ4v) is 3.65. The summed E-state index contributed by atoms with van der Waals surface area (Å²) >= 11 is 1.26. The van der Waals surface area contributed by atoms with Crippen molar-refractivity contribution in [2.45, 2.75) is 38.3 Å². The normalized spacial score (nSPS) is 13.7. The molecule has 3 rings (SSSR count). The van der Waals surface area contributed by atoms with Crippen LogP contribution in [0, 0.1) is 12.7 Å². The van der Waals surface area contributed by atoms with Crippen molar-refractivity contribution in [2.75, 3.05) is 16.0 Å². The SMILES string of the molecule is Cc1ccc(NC(=O)Cn2ncc3c(c2=O)N(C(C)C)C(=O)CS3)cc1F. The van der Waals surface area contributed by atoms with E-state index in [-0.39, 0.29) is 29.9 Å². The molecule has 27 heavy (non-hydrogen) atoms. The number of fused-ring (bicyclic) bond motifs is 1. The van der Waals surface area contributed by atoms with Gasteiger partial charge in [0.05, 0.1) is 16.8 Å². The van der Waals surface area contributed by atoms with Crippen LogP contribution in [-0.4, -0.2) is 33.4 Å². The van der Waals surface area contributed by atoms with Gasteiger partial charge in [-0.1, -0.05) is 6.07 Å². The van der Waals surface area contributed by atoms with Crippen molar-refractivity contribution in [1.82, 2.24) is 9.78 Å². The summed E-state index contributed by atoms with van der Waals surface area (Å²) in [4.78, 5) is 39.3. The monoisotopic (exact) mass is 390 g/mol. The molecule has 0 bridgehead atoms. The van der Waals surface area contributed by atoms with Crippen molar-refractivity contribution in [2.24, 2.45) is 0 Å². The van der Waals surface area contributed by atoms with Gasteiger partial charge in [-0.15, -0.1) is 11.8 Å². The molecule has 0 saturated heterocycles. The first-order chi connectivity index (χ1) is 12.8. The van der Waals surface area contributed by atoms with Crippen molar-refractivity contribution in [3.8, 4) is 0 Å². The summed E-state index contributed by atoms with van der Waals surface area (Å²) in [6, 6.07) is 4.16. The Morgan fingerprint density at radius 2 is 2.11 bits per heavy atom. The summed E-state index contributed by atoms with van der Waals surface area (Å²) in [5, 5.41) is 6.58. The van der Waals surface area contributed by atoms with Crippen LogP contribution >= 0.6 is 11.8 Å². The number of nitrogens with zero attached hydrogens (tertiary/aromatic N) is 3. The third-order valence-electron chi connectivity index (χ3n) is 4.11. The second kappa shape index (κ2) is 7.51. The number of thioether (sulfide) groups is 1. The lowest BCUT2D eigenvalue weighted by Gasteiger charge is -2.31. The molecule has 1 aliphatic rings. The van der Waals surface area contributed by atoms with E-state index in [0.29, 0.717) is 16.1 Å². The predicted octanol–water partition coefficient (Wildman–Crippen LogP) is 2.18. The number of halogens is 1. The summed E-state index contributed by atoms with van der Waals surface area (Å²) in [5.74, 6) is -0.855. The largest absolute Gasteiger partial charge is 0.324 e. The first-order valence-electron chi connectivity index (χ1n) is 8.39. The third-order valence-corrected chi connectivity index (χ3v) is 5.11. The number of rotatable bonds is 4. The van der Waals surface area contributed by atoms with Crippen LogP contribution in [0.25, 0.3) is 0 Å². The number of amides is 2. The lowest BCUT2D eigenvalue weighted by Crippen LogP contribution is -2.45. The zero-order valence-electron chi connectivity index (χ0n) is 15.2. The van der Waals surface area contributed by atoms with Crippen LogP contribution in [-0.2, 0) is 16.1 Å². The zero-order valence-corrected chi connectivity index (χ0v) is 16.0. The first-order valence-corrected chi connectivity index (χ1v) is 9.37. The molecule has 1 aromatic carbocycles. The van der Waals surface area contributed by atoms with Gasteiger partial charge in [-0.25, -0.2) is 9.07 Å². The molecule has 0 spiro atoms. The molecule has 0 saturated carbocycles. The number of anilines is 2. The van der Waals surface area contributed by atoms with Crippen LogP contribution in [0.1, 0.15) is 19.4 Å². The topological polar surface area (TPSA) is 84.3 Å². The van der Waals surface area contributed by atoms with Gasteiger partial charge < -0.3 is 10.2 Å². The minimum absolute atomic E-state index is 0.156. The average Bonchev–Trinajstić information content (AvgIpc) is 2.60. The van der Waals surface area contributed by atoms with E-state index in [2.05, 4.69) is 10.4 Å². The van der Waals surface area contributed by atoms with Gasteiger partial charge in [0.1, 0.15) is 18.0 Å². The van der Waals surface area contributed by atoms with Crippen LogP contribution in [0.4, 0.5) is 15.8 Å². The summed E-state index contributed by atoms with van der Waals surface area (Å²) < 4.78 is 14.6. The summed E-state index contributed by atoms with van der Waals surface area (Å²) in [6.45, 7) is 4.92. The molecule has 142 valence electrons. The number of aromatic nitrogens is 2. The molecule has 7 nitrogen and oxygen atoms in total. The van der Waals surface area contributed by atoms with Gasteiger partial charge in [-0.05, 0) is 38.5 Å². The van der Waals surface area contributed by atoms with Gasteiger partial charge >= 0.3 is 0 Å². The second-order valence-electron chi connectivity index (χ2n) is 6.48. The van der Waals surface area contributed by atoms with E-state index in [9.17, 15) is 18.8 Å². The zero-order chi connectivity index (χ0) is 19.7. The highest BCUT2D eigenvalue weighted by atomic mass is 32.2. The number of carbonyl (C=O) groups is 2. The molecule has 0 aliphatic carbocycles. The Morgan fingerprint density at radius 3 is 2.78 bits per heavy atom. The lowest BCUT2D eigenvalue weighted by atomic mass is 10.2. The highest BCUT2D eigenvalue weighted by Gasteiger charge is 2.30. The van der Waals surface area contributed by atoms with Crippen LogP contribution < -0.4 is 15.8 Å². The Balaban J connectivity index is 1.85. The molecular weight excluding hydrogens is 371 g/mol. The van der Waals surface area contributed by atoms with Crippen LogP contribution in [0.2, 0.25) is 0 Å². The predicted molar refractivity (Wildman–Crippen MR) is 102 cm³/mol. The van der Waals surface area contributed by atoms with E-state index in [4.69, 9.17) is 0 Å². The van der Waals surface area contributed by atoms with E-state index < -0.39 is 17.3 Å². The van der Waals surface area contributed by atoms with Gasteiger partial charge in [-0.2, -0.15) is 5.10 Å². The number of carbonyl (C=O) groups excluding carboxylic acids is 2. The standard InChI is InChI=1S/C18H19FN4O3S/c1-10(2)23-16(25)9-27-14-7-20-22(18(26)17(14)23)8-15(24)21-12-5-4-11(3)13(19)6-12/h4-7,10H,8-9H2,1-3H3,(H,21,24). The van der Waals surface area contributed by atoms with Crippen molar-refractivity contribution in [3.05, 3.63) is 46.1 Å². The third kappa shape index (κ3) is 3.87. The Kier molecular flexibility index (Phi) is 5.31. The Bertz CT molecular complexity index is 974. The Hall–Kier alpha value is -2.68. The van der Waals surface area contributed by atoms with E-state index >= 15 is 0 Å². The number of benzene rings is 1. The summed E-state index contributed by atoms with van der Waals surface area (Å²) in [7, 11) is 0. The van der Waals surface area contributed by atoms with Gasteiger partial charge in [0.15, 0.2) is 0 Å². The minimum atomic E-state index is -0.515. The Labute approximate surface area is 159 Å². The first kappa shape index (κ1) is 19.1. The molecule has 0 unspecified atom stereocenters. The van der Waals surface area contributed by atoms with Gasteiger partial charge in [0.2, 0.25) is 11.8 Å². The van der Waals surface area contributed by atoms with Crippen LogP contribution in [0.15, 0.2) is 34.1 Å². The van der Waals surface area contributed by atoms with Crippen molar-refractivity contribution in [3.63, 3.8) is 0 Å². The number of hydrogen-bond acceptors (Lipinski definition) is 5. The quantitative estimate of drug-likeness (QED) is 0.865. The van der Waals surface area contributed by atoms with Crippen LogP contribution in [0.3, 0.4) is 0 Å². The van der Waals surface area contributed by atoms with Crippen molar-refractivity contribution in [1.29, 1.82) is 0 Å². The maximum atomic E-state index is 13.6. The summed E-state index contributed by atoms with van der Waals surface area (Å²) in [6.07, 6.45) is 1.49. The highest BCUT2D eigenvalue weighted by molar-refractivity contribution is 8.00. The van der Waals surface area contributed by atoms with E-state index in [1.54, 1.807) is 19.1 Å². The van der Waals surface area contributed by atoms with Gasteiger partial charge in [0, 0.05) is 11.7 Å². The average molecular weight is 390 g/mol.